The van der Waals surface area contributed by atoms with E-state index in [0.717, 1.165) is 48.1 Å². The molecular weight excluding hydrogens is 775 g/mol. The van der Waals surface area contributed by atoms with Gasteiger partial charge in [0.05, 0.1) is 61.2 Å². The summed E-state index contributed by atoms with van der Waals surface area (Å²) in [5.74, 6) is 0.0428. The Bertz CT molecular complexity index is 2410. The van der Waals surface area contributed by atoms with Gasteiger partial charge in [0.25, 0.3) is 0 Å². The van der Waals surface area contributed by atoms with E-state index < -0.39 is 36.5 Å². The normalized spacial score (nSPS) is 20.0. The second-order valence-electron chi connectivity index (χ2n) is 15.3. The molecule has 17 heteroatoms. The van der Waals surface area contributed by atoms with Gasteiger partial charge in [-0.05, 0) is 87.4 Å². The lowest BCUT2D eigenvalue weighted by atomic mass is 9.97. The Morgan fingerprint density at radius 2 is 1.42 bits per heavy atom. The highest BCUT2D eigenvalue weighted by atomic mass is 16.5. The van der Waals surface area contributed by atoms with Crippen LogP contribution in [0.4, 0.5) is 9.59 Å². The highest BCUT2D eigenvalue weighted by Gasteiger charge is 2.40. The van der Waals surface area contributed by atoms with Crippen molar-refractivity contribution in [2.24, 2.45) is 4.99 Å². The zero-order chi connectivity index (χ0) is 42.7. The number of carbonyl (C=O) groups excluding carboxylic acids is 4. The molecule has 2 saturated heterocycles. The molecule has 17 nitrogen and oxygen atoms in total. The number of rotatable bonds is 12. The highest BCUT2D eigenvalue weighted by Crippen LogP contribution is 2.34. The van der Waals surface area contributed by atoms with E-state index in [-0.39, 0.29) is 29.3 Å². The minimum atomic E-state index is -0.952. The maximum absolute atomic E-state index is 14.0. The van der Waals surface area contributed by atoms with Crippen molar-refractivity contribution in [1.82, 2.24) is 30.4 Å². The number of ether oxygens (including phenoxy) is 4. The Kier molecular flexibility index (Phi) is 12.7. The number of amides is 4. The molecule has 5 heterocycles. The smallest absolute Gasteiger partial charge is 0.407 e. The number of aliphatic imine (C=N–C) groups is 1. The number of imidazole rings is 1. The van der Waals surface area contributed by atoms with E-state index in [1.165, 1.54) is 28.4 Å². The number of benzene rings is 2. The molecule has 2 fully saturated rings. The third kappa shape index (κ3) is 8.36. The first-order chi connectivity index (χ1) is 29.0. The molecule has 6 atom stereocenters. The van der Waals surface area contributed by atoms with E-state index in [0.29, 0.717) is 59.4 Å². The summed E-state index contributed by atoms with van der Waals surface area (Å²) in [7, 11) is 5.45. The highest BCUT2D eigenvalue weighted by molar-refractivity contribution is 6.04. The van der Waals surface area contributed by atoms with Gasteiger partial charge < -0.3 is 48.8 Å². The summed E-state index contributed by atoms with van der Waals surface area (Å²) in [6, 6.07) is 8.41. The predicted octanol–water partition coefficient (Wildman–Crippen LogP) is 5.09. The number of fused-ring (bicyclic) bond motifs is 2. The molecule has 3 aliphatic rings. The number of carbonyl (C=O) groups is 4. The van der Waals surface area contributed by atoms with Crippen LogP contribution in [0.15, 0.2) is 63.0 Å². The molecule has 318 valence electrons. The average Bonchev–Trinajstić information content (AvgIpc) is 4.08. The van der Waals surface area contributed by atoms with Crippen molar-refractivity contribution >= 4 is 57.2 Å². The lowest BCUT2D eigenvalue weighted by Crippen LogP contribution is -2.56. The van der Waals surface area contributed by atoms with Crippen LogP contribution in [0.1, 0.15) is 69.8 Å². The van der Waals surface area contributed by atoms with E-state index in [1.807, 2.05) is 18.2 Å². The number of H-pyrrole nitrogens is 1. The van der Waals surface area contributed by atoms with E-state index in [9.17, 15) is 24.0 Å². The molecule has 4 aromatic rings. The number of hydrogen-bond acceptors (Lipinski definition) is 12. The Balaban J connectivity index is 1.08. The summed E-state index contributed by atoms with van der Waals surface area (Å²) in [5.41, 5.74) is 4.68. The minimum absolute atomic E-state index is 0.183. The standard InChI is InChI=1S/C43H51N7O10/c1-23(56-3)36(47-42(54)58-5)40(52)49-17-9-11-32(49)30-19-27(21-44-30)25-12-14-28-35(20-25)60-34-15-13-26(18-29(34)38(28)51)31-22-45-39(46-31)33-10-7-8-16-50(33)41(53)37(24(2)57-4)48-43(55)59-6/h12-15,18,20-24,32-33,36-37H,7-11,16-17,19H2,1-6H3,(H,45,46)(H,47,54)(H,48,55)/t23-,24-,32+,33+,36+,37+/m1/s1. The molecule has 0 radical (unpaired) electrons. The van der Waals surface area contributed by atoms with Gasteiger partial charge in [-0.2, -0.15) is 0 Å². The predicted molar refractivity (Wildman–Crippen MR) is 222 cm³/mol. The van der Waals surface area contributed by atoms with Gasteiger partial charge in [0.1, 0.15) is 29.1 Å². The number of aromatic nitrogens is 2. The van der Waals surface area contributed by atoms with Crippen LogP contribution in [0.5, 0.6) is 0 Å². The number of piperidine rings is 1. The summed E-state index contributed by atoms with van der Waals surface area (Å²) in [4.78, 5) is 82.0. The molecule has 0 bridgehead atoms. The topological polar surface area (TPSA) is 207 Å². The summed E-state index contributed by atoms with van der Waals surface area (Å²) in [5, 5.41) is 6.07. The summed E-state index contributed by atoms with van der Waals surface area (Å²) < 4.78 is 26.7. The fourth-order valence-electron chi connectivity index (χ4n) is 8.32. The van der Waals surface area contributed by atoms with Gasteiger partial charge in [-0.25, -0.2) is 14.6 Å². The molecule has 3 aliphatic heterocycles. The molecule has 2 aromatic heterocycles. The number of aromatic amines is 1. The lowest BCUT2D eigenvalue weighted by Gasteiger charge is -2.37. The minimum Gasteiger partial charge on any atom is -0.456 e. The zero-order valence-corrected chi connectivity index (χ0v) is 34.6. The van der Waals surface area contributed by atoms with Crippen molar-refractivity contribution in [2.45, 2.75) is 88.7 Å². The van der Waals surface area contributed by atoms with Crippen molar-refractivity contribution in [3.05, 3.63) is 70.4 Å². The van der Waals surface area contributed by atoms with E-state index in [2.05, 4.69) is 20.6 Å². The largest absolute Gasteiger partial charge is 0.456 e. The number of allylic oxidation sites excluding steroid dienone is 1. The molecule has 60 heavy (non-hydrogen) atoms. The lowest BCUT2D eigenvalue weighted by molar-refractivity contribution is -0.140. The van der Waals surface area contributed by atoms with E-state index in [4.69, 9.17) is 28.4 Å². The van der Waals surface area contributed by atoms with Gasteiger partial charge >= 0.3 is 12.2 Å². The van der Waals surface area contributed by atoms with E-state index >= 15 is 0 Å². The van der Waals surface area contributed by atoms with Crippen molar-refractivity contribution in [2.75, 3.05) is 41.5 Å². The zero-order valence-electron chi connectivity index (χ0n) is 34.6. The van der Waals surface area contributed by atoms with E-state index in [1.54, 1.807) is 54.2 Å². The number of nitrogens with one attached hydrogen (secondary N) is 3. The Labute approximate surface area is 346 Å². The maximum Gasteiger partial charge on any atom is 0.407 e. The Morgan fingerprint density at radius 1 is 0.783 bits per heavy atom. The van der Waals surface area contributed by atoms with Crippen LogP contribution < -0.4 is 16.1 Å². The van der Waals surface area contributed by atoms with Gasteiger partial charge in [-0.1, -0.05) is 6.07 Å². The third-order valence-corrected chi connectivity index (χ3v) is 11.9. The third-order valence-electron chi connectivity index (χ3n) is 11.9. The first-order valence-electron chi connectivity index (χ1n) is 20.1. The molecule has 2 aromatic carbocycles. The number of hydrogen-bond donors (Lipinski definition) is 3. The first kappa shape index (κ1) is 42.1. The van der Waals surface area contributed by atoms with Crippen LogP contribution in [-0.4, -0.2) is 121 Å². The fourth-order valence-corrected chi connectivity index (χ4v) is 8.32. The number of alkyl carbamates (subject to hydrolysis) is 2. The monoisotopic (exact) mass is 825 g/mol. The SMILES string of the molecule is COC(=O)N[C@H](C(=O)N1CCC[C@H]1C1=NC=C(c2ccc3c(=O)c4cc(-c5cnc([C@@H]6CCCCN6C(=O)[C@@H](NC(=O)OC)[C@@H](C)OC)[nH]5)ccc4oc3c2)C1)[C@@H](C)OC. The van der Waals surface area contributed by atoms with Gasteiger partial charge in [0, 0.05) is 51.2 Å². The number of nitrogens with zero attached hydrogens (tertiary/aromatic N) is 4. The molecule has 0 saturated carbocycles. The van der Waals surface area contributed by atoms with Crippen LogP contribution in [0.25, 0.3) is 38.8 Å². The average molecular weight is 826 g/mol. The van der Waals surface area contributed by atoms with Crippen LogP contribution in [-0.2, 0) is 28.5 Å². The second-order valence-corrected chi connectivity index (χ2v) is 15.3. The summed E-state index contributed by atoms with van der Waals surface area (Å²) in [6.07, 6.45) is 5.28. The number of likely N-dealkylation sites (tertiary alicyclic amines) is 2. The van der Waals surface area contributed by atoms with Crippen LogP contribution in [0.3, 0.4) is 0 Å². The summed E-state index contributed by atoms with van der Waals surface area (Å²) >= 11 is 0. The summed E-state index contributed by atoms with van der Waals surface area (Å²) in [6.45, 7) is 4.45. The van der Waals surface area contributed by atoms with Gasteiger partial charge in [0.2, 0.25) is 17.2 Å². The van der Waals surface area contributed by atoms with Crippen molar-refractivity contribution in [3.63, 3.8) is 0 Å². The van der Waals surface area contributed by atoms with Crippen molar-refractivity contribution < 1.29 is 42.5 Å². The quantitative estimate of drug-likeness (QED) is 0.161. The van der Waals surface area contributed by atoms with Crippen LogP contribution >= 0.6 is 0 Å². The van der Waals surface area contributed by atoms with Crippen molar-refractivity contribution in [1.29, 1.82) is 0 Å². The number of methoxy groups -OCH3 is 4. The molecule has 0 aliphatic carbocycles. The van der Waals surface area contributed by atoms with Crippen LogP contribution in [0, 0.1) is 0 Å². The molecule has 0 spiro atoms. The molecule has 0 unspecified atom stereocenters. The van der Waals surface area contributed by atoms with Crippen molar-refractivity contribution in [3.8, 4) is 11.3 Å². The molecule has 3 N–H and O–H groups in total. The van der Waals surface area contributed by atoms with Gasteiger partial charge in [-0.3, -0.25) is 19.4 Å². The maximum atomic E-state index is 14.0. The second kappa shape index (κ2) is 18.0. The molecule has 4 amide bonds. The first-order valence-corrected chi connectivity index (χ1v) is 20.1. The van der Waals surface area contributed by atoms with Crippen LogP contribution in [0.2, 0.25) is 0 Å². The fraction of sp³-hybridized carbons (Fsp3) is 0.465. The van der Waals surface area contributed by atoms with Gasteiger partial charge in [0.15, 0.2) is 0 Å². The molecular formula is C43H51N7O10. The Hall–Kier alpha value is -6.07. The Morgan fingerprint density at radius 3 is 2.08 bits per heavy atom. The van der Waals surface area contributed by atoms with Gasteiger partial charge in [-0.15, -0.1) is 0 Å². The molecule has 7 rings (SSSR count).